The normalized spacial score (nSPS) is 10.7. The van der Waals surface area contributed by atoms with Gasteiger partial charge in [-0.2, -0.15) is 5.10 Å². The first-order valence-electron chi connectivity index (χ1n) is 9.43. The number of aromatic nitrogens is 2. The van der Waals surface area contributed by atoms with Gasteiger partial charge in [-0.1, -0.05) is 18.2 Å². The molecule has 0 amide bonds. The third kappa shape index (κ3) is 5.36. The number of hydrogen-bond acceptors (Lipinski definition) is 6. The molecule has 31 heavy (non-hydrogen) atoms. The van der Waals surface area contributed by atoms with Crippen LogP contribution >= 0.6 is 0 Å². The number of nitrogens with zero attached hydrogens (tertiary/aromatic N) is 3. The highest BCUT2D eigenvalue weighted by atomic mass is 19.1. The summed E-state index contributed by atoms with van der Waals surface area (Å²) < 4.78 is 18.3. The molecule has 0 bridgehead atoms. The average Bonchev–Trinajstić information content (AvgIpc) is 2.81. The Balaban J connectivity index is 1.42. The summed E-state index contributed by atoms with van der Waals surface area (Å²) in [6, 6.07) is 23.3. The summed E-state index contributed by atoms with van der Waals surface area (Å²) in [4.78, 5) is 20.9. The maximum Gasteiger partial charge on any atom is 0.343 e. The second kappa shape index (κ2) is 9.41. The van der Waals surface area contributed by atoms with E-state index >= 15 is 0 Å². The van der Waals surface area contributed by atoms with Crippen LogP contribution in [0.2, 0.25) is 0 Å². The fourth-order valence-electron chi connectivity index (χ4n) is 2.69. The number of ether oxygens (including phenoxy) is 1. The molecule has 0 atom stereocenters. The minimum absolute atomic E-state index is 0.268. The Bertz CT molecular complexity index is 1190. The van der Waals surface area contributed by atoms with E-state index in [1.165, 1.54) is 24.3 Å². The molecule has 6 nitrogen and oxygen atoms in total. The second-order valence-corrected chi connectivity index (χ2v) is 6.46. The van der Waals surface area contributed by atoms with Crippen LogP contribution in [0.15, 0.2) is 96.2 Å². The number of carbonyl (C=O) groups is 1. The van der Waals surface area contributed by atoms with Crippen LogP contribution in [-0.4, -0.2) is 22.2 Å². The Morgan fingerprint density at radius 3 is 2.42 bits per heavy atom. The van der Waals surface area contributed by atoms with E-state index in [9.17, 15) is 9.18 Å². The summed E-state index contributed by atoms with van der Waals surface area (Å²) >= 11 is 0. The van der Waals surface area contributed by atoms with Gasteiger partial charge in [-0.15, -0.1) is 0 Å². The van der Waals surface area contributed by atoms with E-state index in [0.717, 1.165) is 11.3 Å². The number of halogens is 1. The van der Waals surface area contributed by atoms with Crippen LogP contribution in [0.5, 0.6) is 5.75 Å². The van der Waals surface area contributed by atoms with Crippen molar-refractivity contribution < 1.29 is 13.9 Å². The standard InChI is InChI=1S/C24H17FN4O2/c25-19-10-6-18(7-11-19)24(30)31-22-12-8-17(9-13-22)23-26-15-14-21(28-23)16-27-29-20-4-2-1-3-5-20/h1-16,29H. The van der Waals surface area contributed by atoms with Gasteiger partial charge in [-0.25, -0.2) is 19.2 Å². The average molecular weight is 412 g/mol. The van der Waals surface area contributed by atoms with E-state index in [1.54, 1.807) is 42.7 Å². The molecule has 0 aliphatic carbocycles. The van der Waals surface area contributed by atoms with Gasteiger partial charge in [-0.3, -0.25) is 5.43 Å². The van der Waals surface area contributed by atoms with E-state index in [0.29, 0.717) is 17.3 Å². The fraction of sp³-hybridized carbons (Fsp3) is 0. The highest BCUT2D eigenvalue weighted by Gasteiger charge is 2.09. The first kappa shape index (κ1) is 19.9. The summed E-state index contributed by atoms with van der Waals surface area (Å²) in [5.41, 5.74) is 5.47. The van der Waals surface area contributed by atoms with E-state index in [2.05, 4.69) is 20.5 Å². The van der Waals surface area contributed by atoms with Crippen LogP contribution in [0.1, 0.15) is 16.1 Å². The number of carbonyl (C=O) groups excluding carboxylic acids is 1. The van der Waals surface area contributed by atoms with Crippen LogP contribution < -0.4 is 10.2 Å². The number of para-hydroxylation sites is 1. The summed E-state index contributed by atoms with van der Waals surface area (Å²) in [7, 11) is 0. The van der Waals surface area contributed by atoms with Gasteiger partial charge in [-0.05, 0) is 66.7 Å². The Morgan fingerprint density at radius 2 is 1.68 bits per heavy atom. The largest absolute Gasteiger partial charge is 0.423 e. The maximum atomic E-state index is 13.0. The highest BCUT2D eigenvalue weighted by Crippen LogP contribution is 2.20. The van der Waals surface area contributed by atoms with Gasteiger partial charge >= 0.3 is 5.97 Å². The van der Waals surface area contributed by atoms with E-state index < -0.39 is 11.8 Å². The number of nitrogens with one attached hydrogen (secondary N) is 1. The van der Waals surface area contributed by atoms with Crippen LogP contribution in [0.25, 0.3) is 11.4 Å². The lowest BCUT2D eigenvalue weighted by molar-refractivity contribution is 0.0734. The molecule has 0 saturated carbocycles. The summed E-state index contributed by atoms with van der Waals surface area (Å²) in [5, 5.41) is 4.18. The first-order valence-corrected chi connectivity index (χ1v) is 9.43. The van der Waals surface area contributed by atoms with Crippen molar-refractivity contribution in [2.24, 2.45) is 5.10 Å². The van der Waals surface area contributed by atoms with E-state index in [-0.39, 0.29) is 5.56 Å². The maximum absolute atomic E-state index is 13.0. The quantitative estimate of drug-likeness (QED) is 0.210. The van der Waals surface area contributed by atoms with Crippen molar-refractivity contribution in [2.45, 2.75) is 0 Å². The minimum Gasteiger partial charge on any atom is -0.423 e. The highest BCUT2D eigenvalue weighted by molar-refractivity contribution is 5.91. The van der Waals surface area contributed by atoms with Crippen molar-refractivity contribution in [1.82, 2.24) is 9.97 Å². The van der Waals surface area contributed by atoms with Crippen molar-refractivity contribution in [3.63, 3.8) is 0 Å². The minimum atomic E-state index is -0.562. The molecule has 0 unspecified atom stereocenters. The van der Waals surface area contributed by atoms with Crippen molar-refractivity contribution in [3.05, 3.63) is 108 Å². The predicted octanol–water partition coefficient (Wildman–Crippen LogP) is 4.95. The summed E-state index contributed by atoms with van der Waals surface area (Å²) in [6.45, 7) is 0. The molecule has 4 aromatic rings. The molecule has 1 heterocycles. The molecule has 0 fully saturated rings. The summed E-state index contributed by atoms with van der Waals surface area (Å²) in [5.74, 6) is -0.0972. The second-order valence-electron chi connectivity index (χ2n) is 6.46. The molecule has 4 rings (SSSR count). The first-order chi connectivity index (χ1) is 15.2. The van der Waals surface area contributed by atoms with Crippen molar-refractivity contribution in [3.8, 4) is 17.1 Å². The van der Waals surface area contributed by atoms with Crippen molar-refractivity contribution >= 4 is 17.9 Å². The SMILES string of the molecule is O=C(Oc1ccc(-c2nccc(C=NNc3ccccc3)n2)cc1)c1ccc(F)cc1. The zero-order chi connectivity index (χ0) is 21.5. The Morgan fingerprint density at radius 1 is 0.935 bits per heavy atom. The molecule has 7 heteroatoms. The Hall–Kier alpha value is -4.39. The van der Waals surface area contributed by atoms with E-state index in [4.69, 9.17) is 4.74 Å². The zero-order valence-electron chi connectivity index (χ0n) is 16.3. The monoisotopic (exact) mass is 412 g/mol. The van der Waals surface area contributed by atoms with Crippen molar-refractivity contribution in [1.29, 1.82) is 0 Å². The molecule has 0 radical (unpaired) electrons. The molecule has 152 valence electrons. The topological polar surface area (TPSA) is 76.5 Å². The third-order valence-corrected chi connectivity index (χ3v) is 4.24. The lowest BCUT2D eigenvalue weighted by atomic mass is 10.2. The van der Waals surface area contributed by atoms with Gasteiger partial charge in [0.25, 0.3) is 0 Å². The molecule has 1 N–H and O–H groups in total. The van der Waals surface area contributed by atoms with Gasteiger partial charge in [0, 0.05) is 11.8 Å². The lowest BCUT2D eigenvalue weighted by Crippen LogP contribution is -2.08. The Kier molecular flexibility index (Phi) is 6.04. The number of benzene rings is 3. The summed E-state index contributed by atoms with van der Waals surface area (Å²) in [6.07, 6.45) is 3.26. The molecule has 0 aliphatic rings. The molecule has 0 saturated heterocycles. The number of hydrogen-bond donors (Lipinski definition) is 1. The van der Waals surface area contributed by atoms with Crippen LogP contribution in [-0.2, 0) is 0 Å². The number of hydrazone groups is 1. The van der Waals surface area contributed by atoms with Crippen LogP contribution in [0.4, 0.5) is 10.1 Å². The van der Waals surface area contributed by atoms with Gasteiger partial charge in [0.2, 0.25) is 0 Å². The number of anilines is 1. The third-order valence-electron chi connectivity index (χ3n) is 4.24. The zero-order valence-corrected chi connectivity index (χ0v) is 16.3. The van der Waals surface area contributed by atoms with E-state index in [1.807, 2.05) is 30.3 Å². The predicted molar refractivity (Wildman–Crippen MR) is 116 cm³/mol. The van der Waals surface area contributed by atoms with Crippen molar-refractivity contribution in [2.75, 3.05) is 5.43 Å². The van der Waals surface area contributed by atoms with Gasteiger partial charge < -0.3 is 4.74 Å². The van der Waals surface area contributed by atoms with Crippen LogP contribution in [0, 0.1) is 5.82 Å². The number of esters is 1. The molecule has 0 aliphatic heterocycles. The molecular formula is C24H17FN4O2. The molecule has 1 aromatic heterocycles. The van der Waals surface area contributed by atoms with Gasteiger partial charge in [0.15, 0.2) is 5.82 Å². The van der Waals surface area contributed by atoms with Gasteiger partial charge in [0.05, 0.1) is 23.2 Å². The molecule has 3 aromatic carbocycles. The molecule has 0 spiro atoms. The Labute approximate surface area is 178 Å². The molecular weight excluding hydrogens is 395 g/mol. The fourth-order valence-corrected chi connectivity index (χ4v) is 2.69. The van der Waals surface area contributed by atoms with Crippen LogP contribution in [0.3, 0.4) is 0 Å². The van der Waals surface area contributed by atoms with Gasteiger partial charge in [0.1, 0.15) is 11.6 Å². The lowest BCUT2D eigenvalue weighted by Gasteiger charge is -2.06. The number of rotatable bonds is 6. The smallest absolute Gasteiger partial charge is 0.343 e.